The van der Waals surface area contributed by atoms with Gasteiger partial charge in [-0.1, -0.05) is 18.2 Å². The predicted molar refractivity (Wildman–Crippen MR) is 135 cm³/mol. The van der Waals surface area contributed by atoms with Crippen molar-refractivity contribution >= 4 is 33.0 Å². The summed E-state index contributed by atoms with van der Waals surface area (Å²) in [6.07, 6.45) is 3.70. The number of nitrogens with one attached hydrogen (secondary N) is 1. The Kier molecular flexibility index (Phi) is 5.85. The van der Waals surface area contributed by atoms with Crippen molar-refractivity contribution in [2.24, 2.45) is 0 Å². The van der Waals surface area contributed by atoms with Crippen molar-refractivity contribution in [3.05, 3.63) is 71.2 Å². The molecule has 0 unspecified atom stereocenters. The molecule has 1 aliphatic rings. The van der Waals surface area contributed by atoms with Crippen molar-refractivity contribution in [1.82, 2.24) is 14.3 Å². The number of aryl methyl sites for hydroxylation is 2. The van der Waals surface area contributed by atoms with E-state index in [1.807, 2.05) is 24.4 Å². The van der Waals surface area contributed by atoms with Gasteiger partial charge in [0.15, 0.2) is 0 Å². The molecule has 1 N–H and O–H groups in total. The van der Waals surface area contributed by atoms with Crippen LogP contribution in [0.15, 0.2) is 65.7 Å². The first-order valence-electron chi connectivity index (χ1n) is 10.8. The van der Waals surface area contributed by atoms with Gasteiger partial charge in [0.1, 0.15) is 5.75 Å². The number of nitrogens with zero attached hydrogens (tertiary/aromatic N) is 3. The maximum absolute atomic E-state index is 12.5. The van der Waals surface area contributed by atoms with Crippen LogP contribution in [0.25, 0.3) is 21.7 Å². The Morgan fingerprint density at radius 2 is 1.88 bits per heavy atom. The topological polar surface area (TPSA) is 84.4 Å². The lowest BCUT2D eigenvalue weighted by Gasteiger charge is -2.16. The monoisotopic (exact) mass is 492 g/mol. The molecule has 0 bridgehead atoms. The largest absolute Gasteiger partial charge is 0.497 e. The maximum Gasteiger partial charge on any atom is 0.242 e. The standard InChI is InChI=1S/C25H24N4O3S2/c1-29(2)34(30,31)20-9-5-7-18(13-20)27-25-26-15-17-10-11-22-21(24(17)28-25)14-23(33-22)16-6-4-8-19(12-16)32-3/h4-9,12-15H,10-11H2,1-3H3,(H,26,27,28). The molecule has 0 atom stereocenters. The summed E-state index contributed by atoms with van der Waals surface area (Å²) < 4.78 is 31.5. The molecule has 9 heteroatoms. The van der Waals surface area contributed by atoms with Crippen LogP contribution in [-0.2, 0) is 22.9 Å². The zero-order valence-corrected chi connectivity index (χ0v) is 20.7. The van der Waals surface area contributed by atoms with Gasteiger partial charge in [-0.3, -0.25) is 0 Å². The molecular weight excluding hydrogens is 468 g/mol. The molecule has 0 saturated heterocycles. The summed E-state index contributed by atoms with van der Waals surface area (Å²) in [4.78, 5) is 12.0. The fourth-order valence-electron chi connectivity index (χ4n) is 3.94. The van der Waals surface area contributed by atoms with Gasteiger partial charge in [-0.15, -0.1) is 11.3 Å². The Bertz CT molecular complexity index is 1480. The van der Waals surface area contributed by atoms with Crippen molar-refractivity contribution in [3.8, 4) is 27.4 Å². The molecule has 0 fully saturated rings. The summed E-state index contributed by atoms with van der Waals surface area (Å²) in [5.41, 5.74) is 4.88. The molecule has 2 aromatic heterocycles. The third kappa shape index (κ3) is 4.18. The van der Waals surface area contributed by atoms with Gasteiger partial charge in [-0.05, 0) is 60.4 Å². The summed E-state index contributed by atoms with van der Waals surface area (Å²) in [5, 5.41) is 3.17. The van der Waals surface area contributed by atoms with Crippen LogP contribution in [0, 0.1) is 0 Å². The lowest BCUT2D eigenvalue weighted by molar-refractivity contribution is 0.415. The van der Waals surface area contributed by atoms with E-state index in [9.17, 15) is 8.42 Å². The van der Waals surface area contributed by atoms with Gasteiger partial charge in [0.05, 0.1) is 17.7 Å². The SMILES string of the molecule is COc1cccc(-c2cc3c(s2)CCc2cnc(Nc4cccc(S(=O)(=O)N(C)C)c4)nc2-3)c1. The molecule has 2 heterocycles. The number of rotatable bonds is 6. The van der Waals surface area contributed by atoms with Crippen LogP contribution in [0.4, 0.5) is 11.6 Å². The maximum atomic E-state index is 12.5. The van der Waals surface area contributed by atoms with Crippen LogP contribution in [0.1, 0.15) is 10.4 Å². The smallest absolute Gasteiger partial charge is 0.242 e. The van der Waals surface area contributed by atoms with Gasteiger partial charge in [0, 0.05) is 41.3 Å². The Morgan fingerprint density at radius 3 is 2.68 bits per heavy atom. The highest BCUT2D eigenvalue weighted by atomic mass is 32.2. The molecule has 174 valence electrons. The van der Waals surface area contributed by atoms with Gasteiger partial charge in [0.2, 0.25) is 16.0 Å². The van der Waals surface area contributed by atoms with E-state index >= 15 is 0 Å². The number of aromatic nitrogens is 2. The number of ether oxygens (including phenoxy) is 1. The summed E-state index contributed by atoms with van der Waals surface area (Å²) in [6, 6.07) is 16.9. The first-order valence-corrected chi connectivity index (χ1v) is 13.0. The van der Waals surface area contributed by atoms with Crippen molar-refractivity contribution in [3.63, 3.8) is 0 Å². The third-order valence-electron chi connectivity index (χ3n) is 5.77. The Morgan fingerprint density at radius 1 is 1.06 bits per heavy atom. The molecule has 0 saturated carbocycles. The lowest BCUT2D eigenvalue weighted by atomic mass is 9.96. The Balaban J connectivity index is 1.48. The van der Waals surface area contributed by atoms with E-state index in [4.69, 9.17) is 9.72 Å². The van der Waals surface area contributed by atoms with Crippen LogP contribution in [0.3, 0.4) is 0 Å². The minimum atomic E-state index is -3.53. The van der Waals surface area contributed by atoms with Crippen LogP contribution in [-0.4, -0.2) is 43.9 Å². The lowest BCUT2D eigenvalue weighted by Crippen LogP contribution is -2.22. The molecule has 0 spiro atoms. The van der Waals surface area contributed by atoms with Gasteiger partial charge in [-0.2, -0.15) is 0 Å². The molecule has 34 heavy (non-hydrogen) atoms. The van der Waals surface area contributed by atoms with Crippen molar-refractivity contribution < 1.29 is 13.2 Å². The van der Waals surface area contributed by atoms with Crippen molar-refractivity contribution in [1.29, 1.82) is 0 Å². The van der Waals surface area contributed by atoms with Crippen LogP contribution < -0.4 is 10.1 Å². The highest BCUT2D eigenvalue weighted by Crippen LogP contribution is 2.42. The molecule has 4 aromatic rings. The molecule has 7 nitrogen and oxygen atoms in total. The average molecular weight is 493 g/mol. The summed E-state index contributed by atoms with van der Waals surface area (Å²) in [5.74, 6) is 1.26. The molecule has 0 amide bonds. The summed E-state index contributed by atoms with van der Waals surface area (Å²) in [7, 11) is 1.17. The molecular formula is C25H24N4O3S2. The van der Waals surface area contributed by atoms with E-state index in [-0.39, 0.29) is 4.90 Å². The molecule has 0 radical (unpaired) electrons. The minimum absolute atomic E-state index is 0.212. The van der Waals surface area contributed by atoms with Crippen LogP contribution in [0.5, 0.6) is 5.75 Å². The van der Waals surface area contributed by atoms with Crippen molar-refractivity contribution in [2.45, 2.75) is 17.7 Å². The zero-order valence-electron chi connectivity index (χ0n) is 19.1. The van der Waals surface area contributed by atoms with Crippen LogP contribution >= 0.6 is 11.3 Å². The molecule has 5 rings (SSSR count). The van der Waals surface area contributed by atoms with E-state index in [2.05, 4.69) is 22.4 Å². The van der Waals surface area contributed by atoms with E-state index in [0.29, 0.717) is 11.6 Å². The predicted octanol–water partition coefficient (Wildman–Crippen LogP) is 4.97. The molecule has 0 aliphatic heterocycles. The second kappa shape index (κ2) is 8.83. The summed E-state index contributed by atoms with van der Waals surface area (Å²) in [6.45, 7) is 0. The van der Waals surface area contributed by atoms with Crippen LogP contribution in [0.2, 0.25) is 0 Å². The first-order chi connectivity index (χ1) is 16.3. The second-order valence-electron chi connectivity index (χ2n) is 8.19. The quantitative estimate of drug-likeness (QED) is 0.409. The Labute approximate surface area is 203 Å². The normalized spacial score (nSPS) is 12.8. The highest BCUT2D eigenvalue weighted by molar-refractivity contribution is 7.89. The van der Waals surface area contributed by atoms with Crippen molar-refractivity contribution in [2.75, 3.05) is 26.5 Å². The van der Waals surface area contributed by atoms with Gasteiger partial charge in [0.25, 0.3) is 0 Å². The third-order valence-corrected chi connectivity index (χ3v) is 8.83. The minimum Gasteiger partial charge on any atom is -0.497 e. The van der Waals surface area contributed by atoms with E-state index < -0.39 is 10.0 Å². The number of sulfonamides is 1. The number of hydrogen-bond donors (Lipinski definition) is 1. The number of fused-ring (bicyclic) bond motifs is 3. The van der Waals surface area contributed by atoms with Gasteiger partial charge >= 0.3 is 0 Å². The number of benzene rings is 2. The Hall–Kier alpha value is -3.27. The average Bonchev–Trinajstić information content (AvgIpc) is 3.29. The molecule has 2 aromatic carbocycles. The summed E-state index contributed by atoms with van der Waals surface area (Å²) >= 11 is 1.78. The fourth-order valence-corrected chi connectivity index (χ4v) is 6.04. The van der Waals surface area contributed by atoms with E-state index in [1.165, 1.54) is 28.2 Å². The number of hydrogen-bond acceptors (Lipinski definition) is 7. The highest BCUT2D eigenvalue weighted by Gasteiger charge is 2.23. The zero-order chi connectivity index (χ0) is 23.9. The first kappa shape index (κ1) is 22.5. The van der Waals surface area contributed by atoms with Gasteiger partial charge < -0.3 is 10.1 Å². The number of thiophene rings is 1. The van der Waals surface area contributed by atoms with E-state index in [1.54, 1.807) is 42.7 Å². The fraction of sp³-hybridized carbons (Fsp3) is 0.200. The second-order valence-corrected chi connectivity index (χ2v) is 11.5. The molecule has 1 aliphatic carbocycles. The van der Waals surface area contributed by atoms with E-state index in [0.717, 1.165) is 41.0 Å². The number of methoxy groups -OCH3 is 1. The van der Waals surface area contributed by atoms with Gasteiger partial charge in [-0.25, -0.2) is 22.7 Å². The number of anilines is 2.